The van der Waals surface area contributed by atoms with Crippen LogP contribution in [-0.2, 0) is 6.54 Å². The topological polar surface area (TPSA) is 24.5 Å². The molecule has 1 unspecified atom stereocenters. The molecule has 0 bridgehead atoms. The number of methoxy groups -OCH3 is 1. The highest BCUT2D eigenvalue weighted by atomic mass is 16.5. The van der Waals surface area contributed by atoms with Crippen LogP contribution in [0.1, 0.15) is 50.8 Å². The number of hydrogen-bond acceptors (Lipinski definition) is 3. The molecule has 1 aliphatic rings. The predicted molar refractivity (Wildman–Crippen MR) is 84.2 cm³/mol. The van der Waals surface area contributed by atoms with Crippen LogP contribution in [0.2, 0.25) is 0 Å². The highest BCUT2D eigenvalue weighted by Crippen LogP contribution is 2.32. The summed E-state index contributed by atoms with van der Waals surface area (Å²) in [6.45, 7) is 9.02. The molecule has 0 amide bonds. The highest BCUT2D eigenvalue weighted by molar-refractivity contribution is 5.38. The van der Waals surface area contributed by atoms with Crippen LogP contribution in [0.25, 0.3) is 0 Å². The van der Waals surface area contributed by atoms with Crippen molar-refractivity contribution in [1.82, 2.24) is 10.2 Å². The second kappa shape index (κ2) is 6.15. The van der Waals surface area contributed by atoms with E-state index in [1.807, 2.05) is 7.05 Å². The summed E-state index contributed by atoms with van der Waals surface area (Å²) in [5.74, 6) is 1.000. The Labute approximate surface area is 123 Å². The number of nitrogens with one attached hydrogen (secondary N) is 1. The molecule has 0 spiro atoms. The van der Waals surface area contributed by atoms with Crippen molar-refractivity contribution in [3.63, 3.8) is 0 Å². The lowest BCUT2D eigenvalue weighted by atomic mass is 10.00. The van der Waals surface area contributed by atoms with E-state index in [2.05, 4.69) is 49.2 Å². The van der Waals surface area contributed by atoms with E-state index in [-0.39, 0.29) is 0 Å². The lowest BCUT2D eigenvalue weighted by Gasteiger charge is -2.32. The Kier molecular flexibility index (Phi) is 4.71. The molecule has 1 aliphatic heterocycles. The van der Waals surface area contributed by atoms with Crippen molar-refractivity contribution in [2.45, 2.75) is 51.7 Å². The molecule has 1 fully saturated rings. The largest absolute Gasteiger partial charge is 0.496 e. The molecular weight excluding hydrogens is 248 g/mol. The lowest BCUT2D eigenvalue weighted by molar-refractivity contribution is 0.165. The van der Waals surface area contributed by atoms with Crippen LogP contribution in [0.5, 0.6) is 5.75 Å². The van der Waals surface area contributed by atoms with Gasteiger partial charge >= 0.3 is 0 Å². The van der Waals surface area contributed by atoms with Crippen molar-refractivity contribution in [3.05, 3.63) is 29.3 Å². The first-order valence-electron chi connectivity index (χ1n) is 7.57. The first-order chi connectivity index (χ1) is 9.47. The Hall–Kier alpha value is -1.06. The van der Waals surface area contributed by atoms with E-state index >= 15 is 0 Å². The molecule has 2 rings (SSSR count). The fourth-order valence-corrected chi connectivity index (χ4v) is 3.02. The lowest BCUT2D eigenvalue weighted by Crippen LogP contribution is -2.37. The van der Waals surface area contributed by atoms with Gasteiger partial charge < -0.3 is 10.1 Å². The van der Waals surface area contributed by atoms with Gasteiger partial charge in [-0.2, -0.15) is 0 Å². The number of likely N-dealkylation sites (tertiary alicyclic amines) is 1. The van der Waals surface area contributed by atoms with Crippen molar-refractivity contribution in [1.29, 1.82) is 0 Å². The van der Waals surface area contributed by atoms with Gasteiger partial charge in [-0.25, -0.2) is 0 Å². The van der Waals surface area contributed by atoms with Crippen LogP contribution in [0.4, 0.5) is 0 Å². The van der Waals surface area contributed by atoms with Crippen LogP contribution in [0.15, 0.2) is 18.2 Å². The van der Waals surface area contributed by atoms with Crippen molar-refractivity contribution in [2.75, 3.05) is 20.7 Å². The summed E-state index contributed by atoms with van der Waals surface area (Å²) in [5.41, 5.74) is 2.91. The van der Waals surface area contributed by atoms with Gasteiger partial charge in [-0.05, 0) is 64.9 Å². The number of hydrogen-bond donors (Lipinski definition) is 1. The van der Waals surface area contributed by atoms with Crippen molar-refractivity contribution in [3.8, 4) is 5.75 Å². The van der Waals surface area contributed by atoms with E-state index < -0.39 is 0 Å². The average Bonchev–Trinajstić information content (AvgIpc) is 2.77. The normalized spacial score (nSPS) is 20.1. The molecule has 1 aromatic carbocycles. The summed E-state index contributed by atoms with van der Waals surface area (Å²) in [4.78, 5) is 2.57. The van der Waals surface area contributed by atoms with Gasteiger partial charge in [0.25, 0.3) is 0 Å². The van der Waals surface area contributed by atoms with Crippen LogP contribution >= 0.6 is 0 Å². The maximum absolute atomic E-state index is 5.55. The van der Waals surface area contributed by atoms with Gasteiger partial charge in [0.05, 0.1) is 7.11 Å². The number of benzene rings is 1. The molecule has 0 radical (unpaired) electrons. The fraction of sp³-hybridized carbons (Fsp3) is 0.647. The van der Waals surface area contributed by atoms with Gasteiger partial charge in [0, 0.05) is 23.7 Å². The van der Waals surface area contributed by atoms with Gasteiger partial charge in [0.2, 0.25) is 0 Å². The molecule has 0 aromatic heterocycles. The second-order valence-electron chi connectivity index (χ2n) is 6.42. The smallest absolute Gasteiger partial charge is 0.123 e. The van der Waals surface area contributed by atoms with E-state index in [0.717, 1.165) is 12.3 Å². The van der Waals surface area contributed by atoms with Gasteiger partial charge in [-0.15, -0.1) is 0 Å². The third-order valence-corrected chi connectivity index (χ3v) is 4.67. The minimum absolute atomic E-state index is 0.301. The third kappa shape index (κ3) is 3.15. The zero-order valence-corrected chi connectivity index (χ0v) is 13.5. The Balaban J connectivity index is 2.24. The first kappa shape index (κ1) is 15.3. The molecular formula is C17H28N2O. The third-order valence-electron chi connectivity index (χ3n) is 4.67. The average molecular weight is 276 g/mol. The Morgan fingerprint density at radius 2 is 2.15 bits per heavy atom. The van der Waals surface area contributed by atoms with E-state index in [4.69, 9.17) is 4.74 Å². The minimum Gasteiger partial charge on any atom is -0.496 e. The molecule has 1 atom stereocenters. The van der Waals surface area contributed by atoms with Gasteiger partial charge in [0.1, 0.15) is 5.75 Å². The second-order valence-corrected chi connectivity index (χ2v) is 6.42. The van der Waals surface area contributed by atoms with Crippen LogP contribution in [0.3, 0.4) is 0 Å². The predicted octanol–water partition coefficient (Wildman–Crippen LogP) is 3.35. The highest BCUT2D eigenvalue weighted by Gasteiger charge is 2.32. The molecule has 1 heterocycles. The van der Waals surface area contributed by atoms with E-state index in [0.29, 0.717) is 11.6 Å². The quantitative estimate of drug-likeness (QED) is 0.892. The summed E-state index contributed by atoms with van der Waals surface area (Å²) in [6, 6.07) is 6.90. The van der Waals surface area contributed by atoms with E-state index in [1.165, 1.54) is 30.5 Å². The number of ether oxygens (including phenoxy) is 1. The maximum Gasteiger partial charge on any atom is 0.123 e. The van der Waals surface area contributed by atoms with Gasteiger partial charge in [0.15, 0.2) is 0 Å². The molecule has 1 N–H and O–H groups in total. The molecule has 3 heteroatoms. The number of nitrogens with zero attached hydrogens (tertiary/aromatic N) is 1. The first-order valence-corrected chi connectivity index (χ1v) is 7.57. The Morgan fingerprint density at radius 1 is 1.40 bits per heavy atom. The van der Waals surface area contributed by atoms with Gasteiger partial charge in [-0.1, -0.05) is 6.07 Å². The summed E-state index contributed by atoms with van der Waals surface area (Å²) >= 11 is 0. The maximum atomic E-state index is 5.55. The SMILES string of the molecule is CNC(C)c1ccc(OC)c(CN2CCCC2(C)C)c1. The summed E-state index contributed by atoms with van der Waals surface area (Å²) in [5, 5.41) is 3.30. The van der Waals surface area contributed by atoms with E-state index in [9.17, 15) is 0 Å². The van der Waals surface area contributed by atoms with Crippen molar-refractivity contribution < 1.29 is 4.74 Å². The molecule has 3 nitrogen and oxygen atoms in total. The van der Waals surface area contributed by atoms with Gasteiger partial charge in [-0.3, -0.25) is 4.90 Å². The molecule has 0 saturated carbocycles. The number of rotatable bonds is 5. The minimum atomic E-state index is 0.301. The van der Waals surface area contributed by atoms with Crippen LogP contribution in [0, 0.1) is 0 Å². The fourth-order valence-electron chi connectivity index (χ4n) is 3.02. The summed E-state index contributed by atoms with van der Waals surface area (Å²) in [7, 11) is 3.76. The monoisotopic (exact) mass is 276 g/mol. The zero-order chi connectivity index (χ0) is 14.8. The molecule has 0 aliphatic carbocycles. The van der Waals surface area contributed by atoms with Crippen molar-refractivity contribution >= 4 is 0 Å². The van der Waals surface area contributed by atoms with Crippen molar-refractivity contribution in [2.24, 2.45) is 0 Å². The van der Waals surface area contributed by atoms with Crippen LogP contribution in [-0.4, -0.2) is 31.1 Å². The molecule has 112 valence electrons. The Bertz CT molecular complexity index is 456. The molecule has 1 aromatic rings. The summed E-state index contributed by atoms with van der Waals surface area (Å²) in [6.07, 6.45) is 2.57. The molecule has 20 heavy (non-hydrogen) atoms. The summed E-state index contributed by atoms with van der Waals surface area (Å²) < 4.78 is 5.55. The van der Waals surface area contributed by atoms with Crippen LogP contribution < -0.4 is 10.1 Å². The Morgan fingerprint density at radius 3 is 2.70 bits per heavy atom. The zero-order valence-electron chi connectivity index (χ0n) is 13.5. The standard InChI is InChI=1S/C17H28N2O/c1-13(18-4)14-7-8-16(20-5)15(11-14)12-19-10-6-9-17(19,2)3/h7-8,11,13,18H,6,9-10,12H2,1-5H3. The van der Waals surface area contributed by atoms with E-state index in [1.54, 1.807) is 7.11 Å². The molecule has 1 saturated heterocycles.